The first-order valence-electron chi connectivity index (χ1n) is 5.41. The van der Waals surface area contributed by atoms with Crippen molar-refractivity contribution < 1.29 is 9.53 Å². The predicted octanol–water partition coefficient (Wildman–Crippen LogP) is 2.83. The summed E-state index contributed by atoms with van der Waals surface area (Å²) in [4.78, 5) is 10.8. The topological polar surface area (TPSA) is 26.3 Å². The maximum atomic E-state index is 10.8. The van der Waals surface area contributed by atoms with Crippen molar-refractivity contribution in [2.24, 2.45) is 0 Å². The minimum Gasteiger partial charge on any atom is -0.447 e. The highest BCUT2D eigenvalue weighted by Crippen LogP contribution is 2.17. The summed E-state index contributed by atoms with van der Waals surface area (Å²) in [5, 5.41) is 0. The molecule has 1 aliphatic carbocycles. The molecule has 0 unspecified atom stereocenters. The summed E-state index contributed by atoms with van der Waals surface area (Å²) >= 11 is 0. The molecule has 82 valence electrons. The molecule has 1 aliphatic rings. The number of rotatable bonds is 1. The van der Waals surface area contributed by atoms with Crippen LogP contribution < -0.4 is 0 Å². The predicted molar refractivity (Wildman–Crippen MR) is 60.2 cm³/mol. The second-order valence-corrected chi connectivity index (χ2v) is 4.33. The van der Waals surface area contributed by atoms with Crippen molar-refractivity contribution in [2.75, 3.05) is 0 Å². The minimum absolute atomic E-state index is 0.285. The highest BCUT2D eigenvalue weighted by Gasteiger charge is 2.17. The molecule has 0 bridgehead atoms. The Morgan fingerprint density at radius 3 is 2.73 bits per heavy atom. The smallest absolute Gasteiger partial charge is 0.304 e. The fraction of sp³-hybridized carbons (Fsp3) is 0.615. The number of carbonyl (C=O) groups is 1. The van der Waals surface area contributed by atoms with Gasteiger partial charge in [-0.1, -0.05) is 17.9 Å². The molecule has 0 aromatic rings. The van der Waals surface area contributed by atoms with Gasteiger partial charge < -0.3 is 4.74 Å². The number of carbonyl (C=O) groups excluding carboxylic acids is 1. The molecular weight excluding hydrogens is 188 g/mol. The Morgan fingerprint density at radius 2 is 2.20 bits per heavy atom. The Hall–Kier alpha value is -1.23. The number of hydrogen-bond acceptors (Lipinski definition) is 2. The van der Waals surface area contributed by atoms with Crippen LogP contribution in [0.4, 0.5) is 0 Å². The van der Waals surface area contributed by atoms with Crippen LogP contribution >= 0.6 is 0 Å². The third-order valence-corrected chi connectivity index (χ3v) is 2.21. The second kappa shape index (κ2) is 5.02. The Kier molecular flexibility index (Phi) is 3.96. The fourth-order valence-electron chi connectivity index (χ4n) is 1.57. The van der Waals surface area contributed by atoms with E-state index in [2.05, 4.69) is 17.9 Å². The van der Waals surface area contributed by atoms with E-state index in [0.29, 0.717) is 0 Å². The largest absolute Gasteiger partial charge is 0.447 e. The summed E-state index contributed by atoms with van der Waals surface area (Å²) in [6.45, 7) is 5.03. The summed E-state index contributed by atoms with van der Waals surface area (Å²) in [6, 6.07) is 0. The van der Waals surface area contributed by atoms with Gasteiger partial charge in [0.2, 0.25) is 0 Å². The van der Waals surface area contributed by atoms with Crippen LogP contribution in [0, 0.1) is 11.8 Å². The van der Waals surface area contributed by atoms with Gasteiger partial charge in [-0.25, -0.2) is 0 Å². The molecule has 0 aromatic carbocycles. The second-order valence-electron chi connectivity index (χ2n) is 4.33. The lowest BCUT2D eigenvalue weighted by atomic mass is 9.99. The molecule has 0 saturated heterocycles. The van der Waals surface area contributed by atoms with Gasteiger partial charge in [-0.15, -0.1) is 0 Å². The Morgan fingerprint density at radius 1 is 1.47 bits per heavy atom. The lowest BCUT2D eigenvalue weighted by Gasteiger charge is -2.17. The van der Waals surface area contributed by atoms with Gasteiger partial charge in [0.05, 0.1) is 0 Å². The van der Waals surface area contributed by atoms with Crippen molar-refractivity contribution in [1.82, 2.24) is 0 Å². The number of ether oxygens (including phenoxy) is 1. The van der Waals surface area contributed by atoms with Gasteiger partial charge in [0, 0.05) is 6.92 Å². The zero-order valence-electron chi connectivity index (χ0n) is 9.72. The van der Waals surface area contributed by atoms with Crippen LogP contribution in [0.3, 0.4) is 0 Å². The lowest BCUT2D eigenvalue weighted by Crippen LogP contribution is -2.24. The van der Waals surface area contributed by atoms with E-state index in [1.54, 1.807) is 0 Å². The highest BCUT2D eigenvalue weighted by atomic mass is 16.6. The van der Waals surface area contributed by atoms with Crippen LogP contribution in [-0.2, 0) is 9.53 Å². The van der Waals surface area contributed by atoms with Gasteiger partial charge >= 0.3 is 5.97 Å². The van der Waals surface area contributed by atoms with Crippen LogP contribution in [-0.4, -0.2) is 11.6 Å². The third kappa shape index (κ3) is 4.69. The van der Waals surface area contributed by atoms with E-state index in [4.69, 9.17) is 4.74 Å². The van der Waals surface area contributed by atoms with Crippen LogP contribution in [0.5, 0.6) is 0 Å². The number of esters is 1. The van der Waals surface area contributed by atoms with E-state index in [1.165, 1.54) is 25.3 Å². The Balaban J connectivity index is 2.62. The minimum atomic E-state index is -0.676. The zero-order valence-corrected chi connectivity index (χ0v) is 9.72. The number of allylic oxidation sites excluding steroid dienone is 2. The zero-order chi connectivity index (χ0) is 11.3. The molecule has 0 amide bonds. The van der Waals surface area contributed by atoms with Gasteiger partial charge in [-0.2, -0.15) is 0 Å². The molecule has 0 saturated carbocycles. The SMILES string of the molecule is CC(=O)OC(C)(C)C#CC1=CCCCC1. The molecule has 2 heteroatoms. The highest BCUT2D eigenvalue weighted by molar-refractivity contribution is 5.67. The normalized spacial score (nSPS) is 16.1. The fourth-order valence-corrected chi connectivity index (χ4v) is 1.57. The van der Waals surface area contributed by atoms with Crippen molar-refractivity contribution in [3.8, 4) is 11.8 Å². The van der Waals surface area contributed by atoms with Crippen LogP contribution in [0.2, 0.25) is 0 Å². The summed E-state index contributed by atoms with van der Waals surface area (Å²) < 4.78 is 5.09. The summed E-state index contributed by atoms with van der Waals surface area (Å²) in [7, 11) is 0. The van der Waals surface area contributed by atoms with Crippen LogP contribution in [0.1, 0.15) is 46.5 Å². The van der Waals surface area contributed by atoms with E-state index in [-0.39, 0.29) is 5.97 Å². The standard InChI is InChI=1S/C13H18O2/c1-11(14)15-13(2,3)10-9-12-7-5-4-6-8-12/h7H,4-6,8H2,1-3H3. The summed E-state index contributed by atoms with van der Waals surface area (Å²) in [5.74, 6) is 5.81. The van der Waals surface area contributed by atoms with Gasteiger partial charge in [0.25, 0.3) is 0 Å². The van der Waals surface area contributed by atoms with Crippen LogP contribution in [0.15, 0.2) is 11.6 Å². The van der Waals surface area contributed by atoms with Crippen molar-refractivity contribution in [3.63, 3.8) is 0 Å². The monoisotopic (exact) mass is 206 g/mol. The van der Waals surface area contributed by atoms with Gasteiger partial charge in [0.15, 0.2) is 5.60 Å². The summed E-state index contributed by atoms with van der Waals surface area (Å²) in [5.41, 5.74) is 0.505. The molecule has 0 heterocycles. The molecule has 0 fully saturated rings. The van der Waals surface area contributed by atoms with Crippen molar-refractivity contribution in [1.29, 1.82) is 0 Å². The average molecular weight is 206 g/mol. The van der Waals surface area contributed by atoms with Crippen LogP contribution in [0.25, 0.3) is 0 Å². The summed E-state index contributed by atoms with van der Waals surface area (Å²) in [6.07, 6.45) is 6.84. The van der Waals surface area contributed by atoms with E-state index < -0.39 is 5.60 Å². The molecule has 1 rings (SSSR count). The molecule has 15 heavy (non-hydrogen) atoms. The molecule has 0 N–H and O–H groups in total. The first-order valence-corrected chi connectivity index (χ1v) is 5.41. The molecule has 0 atom stereocenters. The van der Waals surface area contributed by atoms with Gasteiger partial charge in [-0.05, 0) is 45.1 Å². The number of hydrogen-bond donors (Lipinski definition) is 0. The van der Waals surface area contributed by atoms with Crippen molar-refractivity contribution in [3.05, 3.63) is 11.6 Å². The van der Waals surface area contributed by atoms with Gasteiger partial charge in [-0.3, -0.25) is 4.79 Å². The van der Waals surface area contributed by atoms with Gasteiger partial charge in [0.1, 0.15) is 0 Å². The maximum Gasteiger partial charge on any atom is 0.304 e. The van der Waals surface area contributed by atoms with E-state index in [9.17, 15) is 4.79 Å². The third-order valence-electron chi connectivity index (χ3n) is 2.21. The Labute approximate surface area is 91.7 Å². The Bertz CT molecular complexity index is 326. The lowest BCUT2D eigenvalue weighted by molar-refractivity contribution is -0.148. The average Bonchev–Trinajstić information content (AvgIpc) is 2.15. The van der Waals surface area contributed by atoms with Crippen molar-refractivity contribution >= 4 is 5.97 Å². The molecule has 2 nitrogen and oxygen atoms in total. The van der Waals surface area contributed by atoms with E-state index in [0.717, 1.165) is 12.8 Å². The van der Waals surface area contributed by atoms with E-state index >= 15 is 0 Å². The molecule has 0 radical (unpaired) electrons. The molecule has 0 aliphatic heterocycles. The first kappa shape index (κ1) is 11.8. The molecule has 0 spiro atoms. The first-order chi connectivity index (χ1) is 6.99. The van der Waals surface area contributed by atoms with E-state index in [1.807, 2.05) is 13.8 Å². The maximum absolute atomic E-state index is 10.8. The van der Waals surface area contributed by atoms with Crippen molar-refractivity contribution in [2.45, 2.75) is 52.1 Å². The molecular formula is C13H18O2. The quantitative estimate of drug-likeness (QED) is 0.487. The molecule has 0 aromatic heterocycles.